The van der Waals surface area contributed by atoms with E-state index >= 15 is 0 Å². The molecule has 1 aromatic carbocycles. The average molecular weight is 308 g/mol. The predicted molar refractivity (Wildman–Crippen MR) is 87.7 cm³/mol. The molecule has 0 saturated heterocycles. The smallest absolute Gasteiger partial charge is 0.307 e. The van der Waals surface area contributed by atoms with Crippen LogP contribution in [0.4, 0.5) is 16.3 Å². The lowest BCUT2D eigenvalue weighted by molar-refractivity contribution is 0.262. The maximum atomic E-state index is 12.1. The van der Waals surface area contributed by atoms with E-state index in [1.807, 2.05) is 32.0 Å². The minimum Gasteiger partial charge on any atom is -0.307 e. The van der Waals surface area contributed by atoms with Crippen molar-refractivity contribution < 1.29 is 4.79 Å². The lowest BCUT2D eigenvalue weighted by Crippen LogP contribution is -2.21. The van der Waals surface area contributed by atoms with Crippen molar-refractivity contribution in [3.63, 3.8) is 0 Å². The molecule has 3 aromatic rings. The summed E-state index contributed by atoms with van der Waals surface area (Å²) >= 11 is 0. The topological polar surface area (TPSA) is 84.7 Å². The Bertz CT molecular complexity index is 828. The number of carbonyl (C=O) groups is 1. The minimum atomic E-state index is -0.358. The van der Waals surface area contributed by atoms with Gasteiger partial charge in [-0.1, -0.05) is 12.1 Å². The fourth-order valence-corrected chi connectivity index (χ4v) is 2.10. The van der Waals surface area contributed by atoms with Crippen molar-refractivity contribution in [2.45, 2.75) is 13.8 Å². The lowest BCUT2D eigenvalue weighted by atomic mass is 10.1. The Morgan fingerprint density at radius 3 is 2.78 bits per heavy atom. The summed E-state index contributed by atoms with van der Waals surface area (Å²) in [6.07, 6.45) is 4.80. The molecule has 7 heteroatoms. The second kappa shape index (κ2) is 6.27. The third kappa shape index (κ3) is 3.34. The fourth-order valence-electron chi connectivity index (χ4n) is 2.10. The summed E-state index contributed by atoms with van der Waals surface area (Å²) in [5.41, 5.74) is 2.91. The highest BCUT2D eigenvalue weighted by atomic mass is 16.2. The molecular formula is C16H16N6O. The summed E-state index contributed by atoms with van der Waals surface area (Å²) in [7, 11) is 0. The number of rotatable bonds is 3. The third-order valence-electron chi connectivity index (χ3n) is 3.49. The number of aryl methyl sites for hydroxylation is 1. The lowest BCUT2D eigenvalue weighted by Gasteiger charge is -2.11. The second-order valence-corrected chi connectivity index (χ2v) is 5.04. The summed E-state index contributed by atoms with van der Waals surface area (Å²) in [6.45, 7) is 3.96. The van der Waals surface area contributed by atoms with Gasteiger partial charge < -0.3 is 5.32 Å². The molecule has 0 aliphatic carbocycles. The van der Waals surface area contributed by atoms with Crippen LogP contribution >= 0.6 is 0 Å². The number of amides is 2. The maximum absolute atomic E-state index is 12.1. The van der Waals surface area contributed by atoms with Gasteiger partial charge in [-0.2, -0.15) is 5.10 Å². The van der Waals surface area contributed by atoms with Crippen molar-refractivity contribution in [1.82, 2.24) is 19.7 Å². The van der Waals surface area contributed by atoms with Gasteiger partial charge in [-0.15, -0.1) is 0 Å². The van der Waals surface area contributed by atoms with Gasteiger partial charge in [0.05, 0.1) is 0 Å². The van der Waals surface area contributed by atoms with Crippen LogP contribution in [0.15, 0.2) is 49.1 Å². The minimum absolute atomic E-state index is 0.358. The van der Waals surface area contributed by atoms with Gasteiger partial charge in [0.1, 0.15) is 12.1 Å². The van der Waals surface area contributed by atoms with E-state index in [2.05, 4.69) is 25.7 Å². The molecule has 0 fully saturated rings. The quantitative estimate of drug-likeness (QED) is 0.779. The van der Waals surface area contributed by atoms with Crippen LogP contribution in [-0.4, -0.2) is 25.8 Å². The molecule has 0 spiro atoms. The molecule has 23 heavy (non-hydrogen) atoms. The Hall–Kier alpha value is -3.22. The van der Waals surface area contributed by atoms with Crippen LogP contribution < -0.4 is 10.6 Å². The first-order valence-electron chi connectivity index (χ1n) is 7.10. The van der Waals surface area contributed by atoms with Gasteiger partial charge in [-0.05, 0) is 37.1 Å². The highest BCUT2D eigenvalue weighted by Gasteiger charge is 2.08. The van der Waals surface area contributed by atoms with E-state index in [4.69, 9.17) is 0 Å². The van der Waals surface area contributed by atoms with Gasteiger partial charge in [0.15, 0.2) is 5.82 Å². The summed E-state index contributed by atoms with van der Waals surface area (Å²) in [5.74, 6) is 0.973. The van der Waals surface area contributed by atoms with Gasteiger partial charge in [-0.25, -0.2) is 19.4 Å². The van der Waals surface area contributed by atoms with Crippen molar-refractivity contribution in [2.75, 3.05) is 10.6 Å². The van der Waals surface area contributed by atoms with Crippen LogP contribution in [0.5, 0.6) is 0 Å². The number of hydrogen-bond donors (Lipinski definition) is 2. The molecule has 2 aromatic heterocycles. The number of urea groups is 1. The molecule has 0 saturated carbocycles. The molecule has 116 valence electrons. The Labute approximate surface area is 133 Å². The summed E-state index contributed by atoms with van der Waals surface area (Å²) in [5, 5.41) is 9.61. The van der Waals surface area contributed by atoms with Crippen molar-refractivity contribution in [1.29, 1.82) is 0 Å². The molecule has 3 rings (SSSR count). The van der Waals surface area contributed by atoms with E-state index in [1.165, 1.54) is 6.33 Å². The van der Waals surface area contributed by atoms with Gasteiger partial charge in [0.2, 0.25) is 0 Å². The van der Waals surface area contributed by atoms with Gasteiger partial charge in [0.25, 0.3) is 0 Å². The molecule has 0 aliphatic heterocycles. The van der Waals surface area contributed by atoms with E-state index in [1.54, 1.807) is 29.2 Å². The van der Waals surface area contributed by atoms with Crippen molar-refractivity contribution >= 4 is 17.5 Å². The number of anilines is 2. The Balaban J connectivity index is 1.73. The highest BCUT2D eigenvalue weighted by Crippen LogP contribution is 2.18. The summed E-state index contributed by atoms with van der Waals surface area (Å²) in [4.78, 5) is 20.3. The molecular weight excluding hydrogens is 292 g/mol. The zero-order valence-electron chi connectivity index (χ0n) is 12.8. The Kier molecular flexibility index (Phi) is 4.01. The normalized spacial score (nSPS) is 10.3. The van der Waals surface area contributed by atoms with Gasteiger partial charge in [-0.3, -0.25) is 5.32 Å². The number of nitrogens with zero attached hydrogens (tertiary/aromatic N) is 4. The fraction of sp³-hybridized carbons (Fsp3) is 0.125. The van der Waals surface area contributed by atoms with Gasteiger partial charge >= 0.3 is 6.03 Å². The molecule has 0 unspecified atom stereocenters. The number of nitrogens with one attached hydrogen (secondary N) is 2. The zero-order chi connectivity index (χ0) is 16.2. The first kappa shape index (κ1) is 14.7. The van der Waals surface area contributed by atoms with Crippen molar-refractivity contribution in [3.05, 3.63) is 60.2 Å². The van der Waals surface area contributed by atoms with E-state index in [9.17, 15) is 4.79 Å². The first-order valence-corrected chi connectivity index (χ1v) is 7.10. The van der Waals surface area contributed by atoms with Crippen LogP contribution in [0.1, 0.15) is 11.1 Å². The molecule has 7 nitrogen and oxygen atoms in total. The summed E-state index contributed by atoms with van der Waals surface area (Å²) in [6, 6.07) is 8.84. The van der Waals surface area contributed by atoms with E-state index in [-0.39, 0.29) is 6.03 Å². The van der Waals surface area contributed by atoms with E-state index in [0.29, 0.717) is 11.6 Å². The number of carbonyl (C=O) groups excluding carboxylic acids is 1. The average Bonchev–Trinajstić information content (AvgIpc) is 3.06. The molecule has 0 atom stereocenters. The van der Waals surface area contributed by atoms with Crippen LogP contribution in [-0.2, 0) is 0 Å². The molecule has 0 radical (unpaired) electrons. The Morgan fingerprint density at radius 2 is 2.00 bits per heavy atom. The van der Waals surface area contributed by atoms with Crippen molar-refractivity contribution in [2.24, 2.45) is 0 Å². The third-order valence-corrected chi connectivity index (χ3v) is 3.49. The summed E-state index contributed by atoms with van der Waals surface area (Å²) < 4.78 is 1.59. The number of hydrogen-bond acceptors (Lipinski definition) is 4. The van der Waals surface area contributed by atoms with Crippen molar-refractivity contribution in [3.8, 4) is 5.82 Å². The molecule has 2 amide bonds. The molecule has 0 aliphatic rings. The van der Waals surface area contributed by atoms with Crippen LogP contribution in [0.2, 0.25) is 0 Å². The highest BCUT2D eigenvalue weighted by molar-refractivity contribution is 5.99. The van der Waals surface area contributed by atoms with E-state index in [0.717, 1.165) is 16.8 Å². The van der Waals surface area contributed by atoms with Gasteiger partial charge in [0, 0.05) is 24.1 Å². The maximum Gasteiger partial charge on any atom is 0.324 e. The largest absolute Gasteiger partial charge is 0.324 e. The van der Waals surface area contributed by atoms with E-state index < -0.39 is 0 Å². The zero-order valence-corrected chi connectivity index (χ0v) is 12.8. The number of benzene rings is 1. The standard InChI is InChI=1S/C16H16N6O/c1-11-5-3-6-13(12(11)2)20-16(23)21-14-9-15(18-10-17-14)22-8-4-7-19-22/h3-10H,1-2H3,(H2,17,18,20,21,23). The predicted octanol–water partition coefficient (Wildman–Crippen LogP) is 2.92. The monoisotopic (exact) mass is 308 g/mol. The SMILES string of the molecule is Cc1cccc(NC(=O)Nc2cc(-n3cccn3)ncn2)c1C. The first-order chi connectivity index (χ1) is 11.1. The molecule has 0 bridgehead atoms. The second-order valence-electron chi connectivity index (χ2n) is 5.04. The van der Waals surface area contributed by atoms with Crippen LogP contribution in [0, 0.1) is 13.8 Å². The Morgan fingerprint density at radius 1 is 1.13 bits per heavy atom. The van der Waals surface area contributed by atoms with Crippen LogP contribution in [0.3, 0.4) is 0 Å². The molecule has 2 heterocycles. The van der Waals surface area contributed by atoms with Crippen LogP contribution in [0.25, 0.3) is 5.82 Å². The number of aromatic nitrogens is 4. The molecule has 2 N–H and O–H groups in total.